The SMILES string of the molecule is C=C1CCCC2=NC[C@H](C)[C@@H](C)C[C@@]23CCC([C@H](CO)SC[C@@H](N)C(=O)O)=C[C@@H]3[C@@H]2O[C@]3(C[C@H]4CCC[C@@]5(CC[C@@]6(O[C@@H](CC[C@@]6(C)O)C1)O5)O4)C[C@@H](C)[C@@H](O)[C@H]2O3. The molecule has 12 nitrogen and oxygen atoms in total. The fourth-order valence-corrected chi connectivity index (χ4v) is 13.3. The number of rotatable bonds is 6. The molecule has 8 rings (SSSR count). The first-order valence-electron chi connectivity index (χ1n) is 22.4. The van der Waals surface area contributed by atoms with Crippen LogP contribution in [0.5, 0.6) is 0 Å². The van der Waals surface area contributed by atoms with Gasteiger partial charge in [-0.1, -0.05) is 44.6 Å². The Bertz CT molecular complexity index is 1620. The lowest BCUT2D eigenvalue weighted by molar-refractivity contribution is -0.403. The molecule has 0 aromatic rings. The van der Waals surface area contributed by atoms with Gasteiger partial charge in [-0.15, -0.1) is 11.8 Å². The molecular weight excluding hydrogens is 761 g/mol. The fourth-order valence-electron chi connectivity index (χ4n) is 12.2. The van der Waals surface area contributed by atoms with E-state index in [2.05, 4.69) is 33.4 Å². The second-order valence-electron chi connectivity index (χ2n) is 20.0. The average molecular weight is 831 g/mol. The third kappa shape index (κ3) is 7.94. The van der Waals surface area contributed by atoms with Crippen molar-refractivity contribution in [3.63, 3.8) is 0 Å². The van der Waals surface area contributed by atoms with E-state index in [0.717, 1.165) is 81.9 Å². The Morgan fingerprint density at radius 2 is 1.72 bits per heavy atom. The normalized spacial score (nSPS) is 48.1. The van der Waals surface area contributed by atoms with Crippen LogP contribution in [-0.2, 0) is 28.5 Å². The Kier molecular flexibility index (Phi) is 12.2. The Morgan fingerprint density at radius 1 is 0.931 bits per heavy atom. The molecule has 0 aromatic heterocycles. The van der Waals surface area contributed by atoms with Gasteiger partial charge in [0.25, 0.3) is 0 Å². The van der Waals surface area contributed by atoms with E-state index < -0.39 is 53.3 Å². The van der Waals surface area contributed by atoms with Gasteiger partial charge in [-0.2, -0.15) is 0 Å². The summed E-state index contributed by atoms with van der Waals surface area (Å²) in [5, 5.41) is 43.8. The van der Waals surface area contributed by atoms with Crippen molar-refractivity contribution in [1.82, 2.24) is 0 Å². The molecular formula is C45H70N2O10S. The molecule has 16 atom stereocenters. The van der Waals surface area contributed by atoms with E-state index in [0.29, 0.717) is 50.4 Å². The van der Waals surface area contributed by atoms with Crippen LogP contribution < -0.4 is 5.73 Å². The number of aliphatic imine (C=N–C) groups is 1. The van der Waals surface area contributed by atoms with Gasteiger partial charge >= 0.3 is 5.97 Å². The van der Waals surface area contributed by atoms with Crippen LogP contribution in [0.1, 0.15) is 130 Å². The van der Waals surface area contributed by atoms with Crippen molar-refractivity contribution in [2.75, 3.05) is 18.9 Å². The lowest BCUT2D eigenvalue weighted by Crippen LogP contribution is -2.60. The van der Waals surface area contributed by atoms with Crippen LogP contribution in [-0.4, -0.2) is 116 Å². The van der Waals surface area contributed by atoms with Crippen molar-refractivity contribution < 1.29 is 48.9 Å². The van der Waals surface area contributed by atoms with Crippen molar-refractivity contribution in [1.29, 1.82) is 0 Å². The van der Waals surface area contributed by atoms with Gasteiger partial charge in [0.2, 0.25) is 5.79 Å². The maximum atomic E-state index is 12.0. The van der Waals surface area contributed by atoms with E-state index in [9.17, 15) is 25.2 Å². The minimum atomic E-state index is -1.16. The second kappa shape index (κ2) is 16.4. The summed E-state index contributed by atoms with van der Waals surface area (Å²) in [6.07, 6.45) is 11.7. The number of nitrogens with two attached hydrogens (primary N) is 1. The Balaban J connectivity index is 1.20. The van der Waals surface area contributed by atoms with Crippen molar-refractivity contribution in [2.45, 2.75) is 195 Å². The third-order valence-electron chi connectivity index (χ3n) is 15.8. The van der Waals surface area contributed by atoms with Crippen LogP contribution in [0.4, 0.5) is 0 Å². The summed E-state index contributed by atoms with van der Waals surface area (Å²) in [6, 6.07) is -1.03. The second-order valence-corrected chi connectivity index (χ2v) is 21.3. The minimum Gasteiger partial charge on any atom is -0.480 e. The molecule has 0 unspecified atom stereocenters. The number of carboxylic acids is 1. The third-order valence-corrected chi connectivity index (χ3v) is 17.2. The molecule has 13 heteroatoms. The van der Waals surface area contributed by atoms with Gasteiger partial charge in [0.05, 0.1) is 31.0 Å². The van der Waals surface area contributed by atoms with Gasteiger partial charge in [-0.25, -0.2) is 0 Å². The predicted molar refractivity (Wildman–Crippen MR) is 221 cm³/mol. The molecule has 0 amide bonds. The maximum Gasteiger partial charge on any atom is 0.321 e. The van der Waals surface area contributed by atoms with Crippen LogP contribution in [0, 0.1) is 29.1 Å². The van der Waals surface area contributed by atoms with Gasteiger partial charge in [0.15, 0.2) is 11.6 Å². The van der Waals surface area contributed by atoms with Crippen LogP contribution in [0.3, 0.4) is 0 Å². The van der Waals surface area contributed by atoms with Crippen LogP contribution in [0.25, 0.3) is 0 Å². The fraction of sp³-hybridized carbons (Fsp3) is 0.867. The first-order valence-corrected chi connectivity index (χ1v) is 23.5. The lowest BCUT2D eigenvalue weighted by Gasteiger charge is -2.50. The molecule has 1 aliphatic carbocycles. The number of aliphatic carboxylic acids is 1. The zero-order valence-corrected chi connectivity index (χ0v) is 36.1. The number of hydrogen-bond donors (Lipinski definition) is 5. The highest BCUT2D eigenvalue weighted by Crippen LogP contribution is 2.59. The molecule has 0 radical (unpaired) electrons. The van der Waals surface area contributed by atoms with E-state index in [4.69, 9.17) is 34.4 Å². The highest BCUT2D eigenvalue weighted by atomic mass is 32.2. The van der Waals surface area contributed by atoms with Crippen LogP contribution in [0.2, 0.25) is 0 Å². The Hall–Kier alpha value is -1.39. The summed E-state index contributed by atoms with van der Waals surface area (Å²) in [7, 11) is 0. The predicted octanol–water partition coefficient (Wildman–Crippen LogP) is 6.04. The van der Waals surface area contributed by atoms with Gasteiger partial charge < -0.3 is 49.8 Å². The molecule has 6 fully saturated rings. The highest BCUT2D eigenvalue weighted by molar-refractivity contribution is 8.00. The molecule has 7 bridgehead atoms. The van der Waals surface area contributed by atoms with E-state index in [1.54, 1.807) is 0 Å². The highest BCUT2D eigenvalue weighted by Gasteiger charge is 2.66. The number of aliphatic hydroxyl groups is 3. The molecule has 0 aromatic carbocycles. The topological polar surface area (TPSA) is 183 Å². The molecule has 8 aliphatic rings. The minimum absolute atomic E-state index is 0.0821. The van der Waals surface area contributed by atoms with Crippen LogP contribution in [0.15, 0.2) is 28.8 Å². The molecule has 0 saturated carbocycles. The molecule has 7 heterocycles. The molecule has 326 valence electrons. The summed E-state index contributed by atoms with van der Waals surface area (Å²) in [5.74, 6) is -3.43. The quantitative estimate of drug-likeness (QED) is 0.196. The number of nitrogens with zero attached hydrogens (tertiary/aromatic N) is 1. The van der Waals surface area contributed by atoms with Crippen molar-refractivity contribution in [2.24, 2.45) is 39.8 Å². The lowest BCUT2D eigenvalue weighted by atomic mass is 9.57. The van der Waals surface area contributed by atoms with Gasteiger partial charge in [0.1, 0.15) is 17.7 Å². The molecule has 58 heavy (non-hydrogen) atoms. The van der Waals surface area contributed by atoms with E-state index in [1.807, 2.05) is 6.92 Å². The molecule has 6 saturated heterocycles. The number of ether oxygens (including phenoxy) is 5. The maximum absolute atomic E-state index is 12.0. The first-order chi connectivity index (χ1) is 27.5. The zero-order chi connectivity index (χ0) is 41.3. The number of carboxylic acid groups (broad SMARTS) is 1. The first kappa shape index (κ1) is 43.3. The molecule has 4 spiro atoms. The number of fused-ring (bicyclic) bond motifs is 6. The van der Waals surface area contributed by atoms with Crippen molar-refractivity contribution >= 4 is 23.4 Å². The van der Waals surface area contributed by atoms with Crippen molar-refractivity contribution in [3.8, 4) is 0 Å². The van der Waals surface area contributed by atoms with Gasteiger partial charge in [-0.05, 0) is 95.3 Å². The van der Waals surface area contributed by atoms with Crippen molar-refractivity contribution in [3.05, 3.63) is 23.8 Å². The zero-order valence-electron chi connectivity index (χ0n) is 35.2. The number of hydrogen-bond acceptors (Lipinski definition) is 12. The Labute approximate surface area is 349 Å². The number of carbonyl (C=O) groups is 1. The standard InChI is InChI=1S/C45H70N2O10S/c1-26-8-6-10-36-42(20-27(2)29(4)23-47-36)15-11-30(35(24-48)58-25-34(46)40(50)51)19-33(42)38-39-37(49)28(3)21-44(55-38,56-39)22-32-9-7-13-43(53-32)16-17-45(57-43)41(5,52)14-12-31(18-26)54-45/h19,27-29,31-35,37-39,48-49,52H,1,6-18,20-25,46H2,2-5H3,(H,50,51)/t27-,28+,29-,31-,32+,33+,34+,35-,37+,38-,39+,41+,42+,43+,44+,45+/m0/s1. The molecule has 6 N–H and O–H groups in total. The Morgan fingerprint density at radius 3 is 2.50 bits per heavy atom. The largest absolute Gasteiger partial charge is 0.480 e. The summed E-state index contributed by atoms with van der Waals surface area (Å²) >= 11 is 1.39. The number of thioether (sulfide) groups is 1. The van der Waals surface area contributed by atoms with E-state index >= 15 is 0 Å². The van der Waals surface area contributed by atoms with E-state index in [1.165, 1.54) is 17.5 Å². The van der Waals surface area contributed by atoms with Gasteiger partial charge in [0, 0.05) is 66.7 Å². The summed E-state index contributed by atoms with van der Waals surface area (Å²) in [4.78, 5) is 17.2. The van der Waals surface area contributed by atoms with Gasteiger partial charge in [-0.3, -0.25) is 9.79 Å². The number of aliphatic hydroxyl groups excluding tert-OH is 2. The smallest absolute Gasteiger partial charge is 0.321 e. The summed E-state index contributed by atoms with van der Waals surface area (Å²) < 4.78 is 35.3. The van der Waals surface area contributed by atoms with E-state index in [-0.39, 0.29) is 47.1 Å². The summed E-state index contributed by atoms with van der Waals surface area (Å²) in [6.45, 7) is 13.7. The average Bonchev–Trinajstić information content (AvgIpc) is 3.65. The molecule has 7 aliphatic heterocycles. The summed E-state index contributed by atoms with van der Waals surface area (Å²) in [5.41, 5.74) is 7.80. The van der Waals surface area contributed by atoms with Crippen LogP contribution >= 0.6 is 11.8 Å². The monoisotopic (exact) mass is 830 g/mol.